The Kier molecular flexibility index (Phi) is 14.4. The molecule has 0 bridgehead atoms. The van der Waals surface area contributed by atoms with E-state index in [0.717, 1.165) is 28.4 Å². The molecule has 0 unspecified atom stereocenters. The maximum atomic E-state index is 13.3. The lowest BCUT2D eigenvalue weighted by atomic mass is 10.1. The van der Waals surface area contributed by atoms with E-state index in [9.17, 15) is 14.4 Å². The van der Waals surface area contributed by atoms with Crippen molar-refractivity contribution in [3.05, 3.63) is 70.2 Å². The Morgan fingerprint density at radius 2 is 1.74 bits per heavy atom. The van der Waals surface area contributed by atoms with E-state index in [0.29, 0.717) is 38.5 Å². The monoisotopic (exact) mass is 650 g/mol. The molecule has 43 heavy (non-hydrogen) atoms. The number of carbonyl (C=O) groups is 3. The van der Waals surface area contributed by atoms with E-state index in [4.69, 9.17) is 4.74 Å². The van der Waals surface area contributed by atoms with Crippen LogP contribution in [0.4, 0.5) is 5.69 Å². The molecule has 0 saturated heterocycles. The number of hydrogen-bond acceptors (Lipinski definition) is 9. The molecular weight excluding hydrogens is 611 g/mol. The van der Waals surface area contributed by atoms with Crippen molar-refractivity contribution in [1.82, 2.24) is 25.2 Å². The first-order valence-electron chi connectivity index (χ1n) is 13.8. The zero-order chi connectivity index (χ0) is 29.4. The van der Waals surface area contributed by atoms with Gasteiger partial charge in [-0.3, -0.25) is 14.6 Å². The van der Waals surface area contributed by atoms with Crippen molar-refractivity contribution in [3.63, 3.8) is 0 Å². The molecule has 0 radical (unpaired) electrons. The van der Waals surface area contributed by atoms with E-state index in [1.54, 1.807) is 29.3 Å². The topological polar surface area (TPSA) is 107 Å². The number of thiazole rings is 1. The van der Waals surface area contributed by atoms with Gasteiger partial charge in [-0.1, -0.05) is 31.2 Å². The highest BCUT2D eigenvalue weighted by Gasteiger charge is 2.27. The number of esters is 1. The molecular formula is C30H40Cl2N6O4S. The standard InChI is InChI=1S/C30H38N6O4S.2ClH/c1-5-31-13-14-35(19-28(38)34(4)36-17-23-9-7-8-10-24(23)18-36)27(37)16-32-25-12-11-22(15-21(25)3)29-33-26(20-41-29)30(39)40-6-2;;/h7-12,15,20,31-32H,5-6,13-14,16-19H2,1-4H3;2*1H. The van der Waals surface area contributed by atoms with Gasteiger partial charge in [-0.25, -0.2) is 14.8 Å². The van der Waals surface area contributed by atoms with Crippen LogP contribution in [0.3, 0.4) is 0 Å². The van der Waals surface area contributed by atoms with E-state index in [1.807, 2.05) is 49.2 Å². The second-order valence-electron chi connectivity index (χ2n) is 9.82. The summed E-state index contributed by atoms with van der Waals surface area (Å²) in [6.07, 6.45) is 0. The number of hydrazine groups is 1. The molecule has 0 saturated carbocycles. The van der Waals surface area contributed by atoms with Gasteiger partial charge in [0.15, 0.2) is 5.69 Å². The number of ether oxygens (including phenoxy) is 1. The summed E-state index contributed by atoms with van der Waals surface area (Å²) in [6, 6.07) is 14.0. The Labute approximate surface area is 269 Å². The van der Waals surface area contributed by atoms with Crippen LogP contribution in [-0.4, -0.2) is 84.1 Å². The van der Waals surface area contributed by atoms with Crippen molar-refractivity contribution in [2.24, 2.45) is 0 Å². The molecule has 3 aromatic rings. The number of aromatic nitrogens is 1. The zero-order valence-electron chi connectivity index (χ0n) is 24.9. The minimum absolute atomic E-state index is 0. The molecule has 2 N–H and O–H groups in total. The fourth-order valence-electron chi connectivity index (χ4n) is 4.62. The summed E-state index contributed by atoms with van der Waals surface area (Å²) in [6.45, 7) is 9.24. The molecule has 2 amide bonds. The maximum absolute atomic E-state index is 13.3. The molecule has 0 aliphatic carbocycles. The number of nitrogens with zero attached hydrogens (tertiary/aromatic N) is 4. The van der Waals surface area contributed by atoms with Crippen LogP contribution in [0, 0.1) is 6.92 Å². The molecule has 0 fully saturated rings. The van der Waals surface area contributed by atoms with Crippen LogP contribution in [0.25, 0.3) is 10.6 Å². The fraction of sp³-hybridized carbons (Fsp3) is 0.400. The van der Waals surface area contributed by atoms with Gasteiger partial charge in [-0.2, -0.15) is 0 Å². The minimum Gasteiger partial charge on any atom is -0.461 e. The highest BCUT2D eigenvalue weighted by Crippen LogP contribution is 2.28. The first-order chi connectivity index (χ1) is 19.8. The van der Waals surface area contributed by atoms with E-state index >= 15 is 0 Å². The summed E-state index contributed by atoms with van der Waals surface area (Å²) < 4.78 is 5.03. The van der Waals surface area contributed by atoms with Crippen LogP contribution in [0.1, 0.15) is 41.0 Å². The second-order valence-corrected chi connectivity index (χ2v) is 10.7. The summed E-state index contributed by atoms with van der Waals surface area (Å²) in [5.41, 5.74) is 5.36. The van der Waals surface area contributed by atoms with Gasteiger partial charge in [0, 0.05) is 49.9 Å². The number of benzene rings is 2. The van der Waals surface area contributed by atoms with Crippen molar-refractivity contribution in [3.8, 4) is 10.6 Å². The van der Waals surface area contributed by atoms with Gasteiger partial charge >= 0.3 is 5.97 Å². The molecule has 0 spiro atoms. The number of amides is 2. The van der Waals surface area contributed by atoms with Crippen LogP contribution in [0.2, 0.25) is 0 Å². The van der Waals surface area contributed by atoms with Crippen LogP contribution in [0.5, 0.6) is 0 Å². The maximum Gasteiger partial charge on any atom is 0.357 e. The summed E-state index contributed by atoms with van der Waals surface area (Å²) in [7, 11) is 1.77. The summed E-state index contributed by atoms with van der Waals surface area (Å²) in [4.78, 5) is 44.5. The van der Waals surface area contributed by atoms with E-state index in [2.05, 4.69) is 27.8 Å². The third kappa shape index (κ3) is 9.38. The van der Waals surface area contributed by atoms with E-state index in [-0.39, 0.29) is 49.7 Å². The van der Waals surface area contributed by atoms with E-state index < -0.39 is 5.97 Å². The molecule has 4 rings (SSSR count). The second kappa shape index (κ2) is 17.2. The first kappa shape index (κ1) is 36.0. The molecule has 1 aromatic heterocycles. The predicted molar refractivity (Wildman–Crippen MR) is 175 cm³/mol. The van der Waals surface area contributed by atoms with Crippen LogP contribution in [-0.2, 0) is 27.4 Å². The number of nitrogens with one attached hydrogen (secondary N) is 2. The third-order valence-corrected chi connectivity index (χ3v) is 7.88. The normalized spacial score (nSPS) is 12.0. The van der Waals surface area contributed by atoms with Crippen LogP contribution < -0.4 is 10.6 Å². The van der Waals surface area contributed by atoms with E-state index in [1.165, 1.54) is 22.5 Å². The third-order valence-electron chi connectivity index (χ3n) is 6.99. The Hall–Kier alpha value is -3.22. The largest absolute Gasteiger partial charge is 0.461 e. The molecule has 0 atom stereocenters. The Bertz CT molecular complexity index is 1360. The van der Waals surface area contributed by atoms with Crippen molar-refractivity contribution in [2.75, 3.05) is 51.7 Å². The highest BCUT2D eigenvalue weighted by molar-refractivity contribution is 7.13. The molecule has 1 aliphatic heterocycles. The van der Waals surface area contributed by atoms with Gasteiger partial charge in [0.05, 0.1) is 13.2 Å². The van der Waals surface area contributed by atoms with Gasteiger partial charge in [0.25, 0.3) is 5.91 Å². The summed E-state index contributed by atoms with van der Waals surface area (Å²) in [5.74, 6) is -0.719. The van der Waals surface area contributed by atoms with Crippen molar-refractivity contribution in [2.45, 2.75) is 33.9 Å². The van der Waals surface area contributed by atoms with Crippen molar-refractivity contribution in [1.29, 1.82) is 0 Å². The van der Waals surface area contributed by atoms with Crippen LogP contribution in [0.15, 0.2) is 47.8 Å². The number of aryl methyl sites for hydroxylation is 1. The number of carbonyl (C=O) groups excluding carboxylic acids is 3. The molecule has 13 heteroatoms. The van der Waals surface area contributed by atoms with Crippen LogP contribution >= 0.6 is 36.2 Å². The van der Waals surface area contributed by atoms with Gasteiger partial charge in [0.1, 0.15) is 11.6 Å². The fourth-order valence-corrected chi connectivity index (χ4v) is 5.40. The zero-order valence-corrected chi connectivity index (χ0v) is 27.4. The van der Waals surface area contributed by atoms with Gasteiger partial charge in [0.2, 0.25) is 5.91 Å². The van der Waals surface area contributed by atoms with Crippen molar-refractivity contribution < 1.29 is 19.1 Å². The first-order valence-corrected chi connectivity index (χ1v) is 14.7. The smallest absolute Gasteiger partial charge is 0.357 e. The number of hydrogen-bond donors (Lipinski definition) is 2. The van der Waals surface area contributed by atoms with Crippen molar-refractivity contribution >= 4 is 59.6 Å². The summed E-state index contributed by atoms with van der Waals surface area (Å²) in [5, 5.41) is 12.5. The van der Waals surface area contributed by atoms with Gasteiger partial charge < -0.3 is 20.3 Å². The highest BCUT2D eigenvalue weighted by atomic mass is 35.5. The average molecular weight is 652 g/mol. The lowest BCUT2D eigenvalue weighted by molar-refractivity contribution is -0.151. The van der Waals surface area contributed by atoms with Gasteiger partial charge in [-0.15, -0.1) is 36.2 Å². The average Bonchev–Trinajstić information content (AvgIpc) is 3.63. The SMILES string of the molecule is CCNCCN(CC(=O)N(C)N1Cc2ccccc2C1)C(=O)CNc1ccc(-c2nc(C(=O)OCC)cs2)cc1C.Cl.Cl. The molecule has 2 heterocycles. The Morgan fingerprint density at radius 1 is 1.05 bits per heavy atom. The molecule has 1 aliphatic rings. The lowest BCUT2D eigenvalue weighted by Crippen LogP contribution is -2.49. The number of rotatable bonds is 13. The predicted octanol–water partition coefficient (Wildman–Crippen LogP) is 4.38. The molecule has 10 nitrogen and oxygen atoms in total. The quantitative estimate of drug-likeness (QED) is 0.207. The summed E-state index contributed by atoms with van der Waals surface area (Å²) >= 11 is 1.38. The number of fused-ring (bicyclic) bond motifs is 1. The Morgan fingerprint density at radius 3 is 2.37 bits per heavy atom. The number of halogens is 2. The number of likely N-dealkylation sites (N-methyl/N-ethyl adjacent to an activating group) is 2. The molecule has 2 aromatic carbocycles. The lowest BCUT2D eigenvalue weighted by Gasteiger charge is -2.31. The Balaban J connectivity index is 0.00000323. The molecule has 234 valence electrons. The number of anilines is 1. The van der Waals surface area contributed by atoms with Gasteiger partial charge in [-0.05, 0) is 55.3 Å². The minimum atomic E-state index is -0.433.